The van der Waals surface area contributed by atoms with Crippen LogP contribution in [0.25, 0.3) is 0 Å². The normalized spacial score (nSPS) is 14.3. The Morgan fingerprint density at radius 1 is 1.32 bits per heavy atom. The molecule has 1 rings (SSSR count). The Morgan fingerprint density at radius 2 is 1.91 bits per heavy atom. The highest BCUT2D eigenvalue weighted by atomic mass is 32.1. The molecule has 0 saturated carbocycles. The summed E-state index contributed by atoms with van der Waals surface area (Å²) in [4.78, 5) is 24.9. The van der Waals surface area contributed by atoms with E-state index in [1.165, 1.54) is 11.3 Å². The molecular formula is C16H26N2O3S. The molecule has 0 aliphatic heterocycles. The Labute approximate surface area is 136 Å². The monoisotopic (exact) mass is 326 g/mol. The largest absolute Gasteiger partial charge is 0.396 e. The van der Waals surface area contributed by atoms with Gasteiger partial charge in [-0.25, -0.2) is 0 Å². The minimum absolute atomic E-state index is 0.00992. The van der Waals surface area contributed by atoms with Gasteiger partial charge in [0.25, 0.3) is 5.91 Å². The molecule has 0 aliphatic carbocycles. The van der Waals surface area contributed by atoms with Crippen LogP contribution in [0, 0.1) is 18.3 Å². The molecule has 5 nitrogen and oxygen atoms in total. The van der Waals surface area contributed by atoms with Crippen LogP contribution in [-0.4, -0.2) is 29.6 Å². The van der Waals surface area contributed by atoms with E-state index in [9.17, 15) is 9.59 Å². The number of aliphatic hydroxyl groups is 1. The molecule has 0 bridgehead atoms. The van der Waals surface area contributed by atoms with Crippen molar-refractivity contribution in [3.63, 3.8) is 0 Å². The van der Waals surface area contributed by atoms with Crippen molar-refractivity contribution >= 4 is 28.2 Å². The predicted octanol–water partition coefficient (Wildman–Crippen LogP) is 2.79. The van der Waals surface area contributed by atoms with E-state index in [1.54, 1.807) is 0 Å². The number of carbonyl (C=O) groups excluding carboxylic acids is 2. The minimum atomic E-state index is -0.481. The Bertz CT molecular complexity index is 546. The van der Waals surface area contributed by atoms with E-state index in [0.717, 1.165) is 5.56 Å². The molecule has 1 heterocycles. The fraction of sp³-hybridized carbons (Fsp3) is 0.625. The van der Waals surface area contributed by atoms with E-state index in [0.29, 0.717) is 9.88 Å². The van der Waals surface area contributed by atoms with Crippen molar-refractivity contribution in [2.75, 3.05) is 11.9 Å². The lowest BCUT2D eigenvalue weighted by Crippen LogP contribution is -2.38. The van der Waals surface area contributed by atoms with Crippen molar-refractivity contribution in [3.8, 4) is 0 Å². The van der Waals surface area contributed by atoms with Crippen LogP contribution in [0.2, 0.25) is 0 Å². The van der Waals surface area contributed by atoms with Gasteiger partial charge in [-0.05, 0) is 31.4 Å². The summed E-state index contributed by atoms with van der Waals surface area (Å²) in [5.41, 5.74) is 0.348. The molecule has 22 heavy (non-hydrogen) atoms. The van der Waals surface area contributed by atoms with Gasteiger partial charge in [-0.2, -0.15) is 0 Å². The number of nitrogens with one attached hydrogen (secondary N) is 2. The van der Waals surface area contributed by atoms with Crippen LogP contribution in [0.4, 0.5) is 5.00 Å². The lowest BCUT2D eigenvalue weighted by Gasteiger charge is -2.19. The molecule has 2 amide bonds. The maximum atomic E-state index is 12.3. The van der Waals surface area contributed by atoms with Gasteiger partial charge < -0.3 is 15.7 Å². The van der Waals surface area contributed by atoms with Crippen LogP contribution in [0.15, 0.2) is 6.07 Å². The number of carbonyl (C=O) groups is 2. The Balaban J connectivity index is 2.81. The summed E-state index contributed by atoms with van der Waals surface area (Å²) in [5, 5.41) is 15.5. The summed E-state index contributed by atoms with van der Waals surface area (Å²) in [7, 11) is 0. The fourth-order valence-electron chi connectivity index (χ4n) is 1.64. The lowest BCUT2D eigenvalue weighted by molar-refractivity contribution is -0.123. The Kier molecular flexibility index (Phi) is 6.14. The van der Waals surface area contributed by atoms with Crippen LogP contribution < -0.4 is 10.6 Å². The highest BCUT2D eigenvalue weighted by Crippen LogP contribution is 2.28. The Hall–Kier alpha value is -1.40. The van der Waals surface area contributed by atoms with Crippen molar-refractivity contribution in [3.05, 3.63) is 16.5 Å². The molecule has 6 heteroatoms. The van der Waals surface area contributed by atoms with E-state index < -0.39 is 5.41 Å². The van der Waals surface area contributed by atoms with E-state index >= 15 is 0 Å². The highest BCUT2D eigenvalue weighted by Gasteiger charge is 2.23. The zero-order valence-electron chi connectivity index (χ0n) is 14.1. The van der Waals surface area contributed by atoms with Gasteiger partial charge in [0.15, 0.2) is 0 Å². The van der Waals surface area contributed by atoms with Crippen molar-refractivity contribution in [1.29, 1.82) is 0 Å². The summed E-state index contributed by atoms with van der Waals surface area (Å²) in [6, 6.07) is 1.69. The quantitative estimate of drug-likeness (QED) is 0.778. The smallest absolute Gasteiger partial charge is 0.261 e. The van der Waals surface area contributed by atoms with Crippen molar-refractivity contribution in [1.82, 2.24) is 5.32 Å². The van der Waals surface area contributed by atoms with Gasteiger partial charge in [-0.3, -0.25) is 9.59 Å². The summed E-state index contributed by atoms with van der Waals surface area (Å²) in [6.45, 7) is 11.1. The molecule has 0 aromatic carbocycles. The summed E-state index contributed by atoms with van der Waals surface area (Å²) < 4.78 is 0. The molecule has 3 N–H and O–H groups in total. The number of thiophene rings is 1. The number of hydrogen-bond donors (Lipinski definition) is 3. The average Bonchev–Trinajstić information content (AvgIpc) is 2.77. The summed E-state index contributed by atoms with van der Waals surface area (Å²) in [6.07, 6.45) is 0. The second-order valence-corrected chi connectivity index (χ2v) is 7.80. The second-order valence-electron chi connectivity index (χ2n) is 6.75. The first kappa shape index (κ1) is 18.6. The minimum Gasteiger partial charge on any atom is -0.396 e. The number of anilines is 1. The van der Waals surface area contributed by atoms with Crippen molar-refractivity contribution < 1.29 is 14.7 Å². The summed E-state index contributed by atoms with van der Waals surface area (Å²) in [5.74, 6) is -0.265. The third-order valence-electron chi connectivity index (χ3n) is 3.54. The molecule has 124 valence electrons. The first-order valence-electron chi connectivity index (χ1n) is 7.40. The molecule has 0 aliphatic rings. The molecule has 2 atom stereocenters. The van der Waals surface area contributed by atoms with E-state index in [2.05, 4.69) is 10.6 Å². The number of rotatable bonds is 5. The molecular weight excluding hydrogens is 300 g/mol. The highest BCUT2D eigenvalue weighted by molar-refractivity contribution is 7.18. The van der Waals surface area contributed by atoms with Gasteiger partial charge in [-0.1, -0.05) is 27.7 Å². The SMILES string of the molecule is Cc1cc(NC(=O)C(C)(C)C)sc1C(=O)NC(C)C(C)CO. The zero-order valence-corrected chi connectivity index (χ0v) is 14.9. The van der Waals surface area contributed by atoms with E-state index in [4.69, 9.17) is 5.11 Å². The lowest BCUT2D eigenvalue weighted by atomic mass is 9.96. The fourth-order valence-corrected chi connectivity index (χ4v) is 2.61. The first-order chi connectivity index (χ1) is 10.1. The molecule has 1 aromatic heterocycles. The maximum Gasteiger partial charge on any atom is 0.261 e. The third-order valence-corrected chi connectivity index (χ3v) is 4.69. The standard InChI is InChI=1S/C16H26N2O3S/c1-9-7-12(18-15(21)16(4,5)6)22-13(9)14(20)17-11(3)10(2)8-19/h7,10-11,19H,8H2,1-6H3,(H,17,20)(H,18,21). The van der Waals surface area contributed by atoms with Crippen LogP contribution in [-0.2, 0) is 4.79 Å². The molecule has 2 unspecified atom stereocenters. The molecule has 1 aromatic rings. The van der Waals surface area contributed by atoms with Crippen LogP contribution >= 0.6 is 11.3 Å². The average molecular weight is 326 g/mol. The van der Waals surface area contributed by atoms with Gasteiger partial charge in [0, 0.05) is 18.1 Å². The van der Waals surface area contributed by atoms with E-state index in [1.807, 2.05) is 47.6 Å². The topological polar surface area (TPSA) is 78.4 Å². The molecule has 0 spiro atoms. The van der Waals surface area contributed by atoms with Crippen LogP contribution in [0.1, 0.15) is 49.9 Å². The number of hydrogen-bond acceptors (Lipinski definition) is 4. The van der Waals surface area contributed by atoms with Gasteiger partial charge >= 0.3 is 0 Å². The Morgan fingerprint density at radius 3 is 2.41 bits per heavy atom. The molecule has 0 saturated heterocycles. The van der Waals surface area contributed by atoms with Crippen molar-refractivity contribution in [2.24, 2.45) is 11.3 Å². The summed E-state index contributed by atoms with van der Waals surface area (Å²) >= 11 is 1.27. The zero-order chi connectivity index (χ0) is 17.1. The first-order valence-corrected chi connectivity index (χ1v) is 8.21. The molecule has 0 radical (unpaired) electrons. The van der Waals surface area contributed by atoms with Gasteiger partial charge in [-0.15, -0.1) is 11.3 Å². The van der Waals surface area contributed by atoms with Crippen LogP contribution in [0.5, 0.6) is 0 Å². The second kappa shape index (κ2) is 7.24. The molecule has 0 fully saturated rings. The number of aliphatic hydroxyl groups excluding tert-OH is 1. The van der Waals surface area contributed by atoms with Crippen molar-refractivity contribution in [2.45, 2.75) is 47.6 Å². The van der Waals surface area contributed by atoms with Crippen LogP contribution in [0.3, 0.4) is 0 Å². The number of aryl methyl sites for hydroxylation is 1. The van der Waals surface area contributed by atoms with Gasteiger partial charge in [0.2, 0.25) is 5.91 Å². The van der Waals surface area contributed by atoms with Gasteiger partial charge in [0.1, 0.15) is 0 Å². The van der Waals surface area contributed by atoms with Gasteiger partial charge in [0.05, 0.1) is 9.88 Å². The third kappa shape index (κ3) is 4.81. The van der Waals surface area contributed by atoms with E-state index in [-0.39, 0.29) is 30.4 Å². The number of amides is 2. The predicted molar refractivity (Wildman–Crippen MR) is 90.3 cm³/mol. The maximum absolute atomic E-state index is 12.3.